The molecule has 0 saturated heterocycles. The molecule has 0 radical (unpaired) electrons. The second-order valence-electron chi connectivity index (χ2n) is 10.6. The molecular formula is C30H40Cl2SiZr-2. The average Bonchev–Trinajstić information content (AvgIpc) is 3.43. The van der Waals surface area contributed by atoms with Gasteiger partial charge in [-0.3, -0.25) is 0 Å². The summed E-state index contributed by atoms with van der Waals surface area (Å²) in [5, 5.41) is 0. The number of fused-ring (bicyclic) bond motifs is 3. The Morgan fingerprint density at radius 3 is 1.79 bits per heavy atom. The number of rotatable bonds is 2. The van der Waals surface area contributed by atoms with Crippen LogP contribution in [-0.2, 0) is 40.6 Å². The van der Waals surface area contributed by atoms with Crippen LogP contribution in [0.1, 0.15) is 77.6 Å². The molecule has 3 aromatic carbocycles. The first-order valence-electron chi connectivity index (χ1n) is 11.9. The molecule has 4 heteroatoms. The molecule has 4 rings (SSSR count). The van der Waals surface area contributed by atoms with Gasteiger partial charge in [0.25, 0.3) is 0 Å². The normalized spacial score (nSPS) is 11.4. The van der Waals surface area contributed by atoms with E-state index in [0.717, 1.165) is 6.42 Å². The quantitative estimate of drug-likeness (QED) is 0.249. The second-order valence-corrected chi connectivity index (χ2v) is 18.4. The van der Waals surface area contributed by atoms with E-state index in [9.17, 15) is 0 Å². The molecule has 0 fully saturated rings. The molecule has 0 aliphatic heterocycles. The largest absolute Gasteiger partial charge is 1.00 e. The van der Waals surface area contributed by atoms with E-state index in [4.69, 9.17) is 0 Å². The van der Waals surface area contributed by atoms with Crippen molar-refractivity contribution < 1.29 is 48.1 Å². The van der Waals surface area contributed by atoms with Gasteiger partial charge in [0, 0.05) is 0 Å². The predicted molar refractivity (Wildman–Crippen MR) is 140 cm³/mol. The maximum atomic E-state index is 3.53. The maximum Gasteiger partial charge on any atom is -0.172 e. The molecule has 1 aliphatic carbocycles. The summed E-state index contributed by atoms with van der Waals surface area (Å²) in [6.07, 6.45) is 1.03. The van der Waals surface area contributed by atoms with Crippen molar-refractivity contribution in [2.75, 3.05) is 0 Å². The molecule has 0 unspecified atom stereocenters. The van der Waals surface area contributed by atoms with Crippen molar-refractivity contribution in [1.82, 2.24) is 0 Å². The van der Waals surface area contributed by atoms with Crippen LogP contribution in [-0.4, -0.2) is 5.43 Å². The van der Waals surface area contributed by atoms with Crippen LogP contribution in [0.3, 0.4) is 0 Å². The maximum absolute atomic E-state index is 3.53. The van der Waals surface area contributed by atoms with Gasteiger partial charge in [0.05, 0.1) is 0 Å². The monoisotopic (exact) mass is 588 g/mol. The molecule has 1 aliphatic rings. The molecular weight excluding hydrogens is 551 g/mol. The molecule has 184 valence electrons. The molecule has 0 bridgehead atoms. The summed E-state index contributed by atoms with van der Waals surface area (Å²) in [6, 6.07) is 28.0. The zero-order valence-corrected chi connectivity index (χ0v) is 27.1. The number of hydrogen-bond donors (Lipinski definition) is 0. The van der Waals surface area contributed by atoms with Crippen molar-refractivity contribution in [1.29, 1.82) is 0 Å². The summed E-state index contributed by atoms with van der Waals surface area (Å²) in [4.78, 5) is 0. The molecule has 0 aromatic heterocycles. The SMILES string of the molecule is CC(C)(C)c1c[c-]c2c(c1)-c1cc(C(C)(C)C)ccc1C2.CC[Si](=[Zr+2])CC.[Cl-].[Cl-].c1cc[cH-]c1. The van der Waals surface area contributed by atoms with E-state index in [-0.39, 0.29) is 41.1 Å². The van der Waals surface area contributed by atoms with E-state index < -0.39 is 0 Å². The fraction of sp³-hybridized carbons (Fsp3) is 0.433. The van der Waals surface area contributed by atoms with Gasteiger partial charge in [-0.05, 0) is 17.4 Å². The van der Waals surface area contributed by atoms with Crippen LogP contribution in [0.5, 0.6) is 0 Å². The van der Waals surface area contributed by atoms with Gasteiger partial charge in [0.15, 0.2) is 0 Å². The van der Waals surface area contributed by atoms with Crippen LogP contribution in [0.2, 0.25) is 12.1 Å². The van der Waals surface area contributed by atoms with Crippen LogP contribution < -0.4 is 24.8 Å². The molecule has 0 atom stereocenters. The van der Waals surface area contributed by atoms with Crippen molar-refractivity contribution in [2.24, 2.45) is 0 Å². The number of halogens is 2. The predicted octanol–water partition coefficient (Wildman–Crippen LogP) is 2.63. The first-order valence-corrected chi connectivity index (χ1v) is 17.5. The molecule has 0 saturated carbocycles. The van der Waals surface area contributed by atoms with Crippen LogP contribution in [0, 0.1) is 6.07 Å². The average molecular weight is 591 g/mol. The Morgan fingerprint density at radius 2 is 1.38 bits per heavy atom. The third-order valence-corrected chi connectivity index (χ3v) is 12.9. The summed E-state index contributed by atoms with van der Waals surface area (Å²) in [6.45, 7) is 18.2. The minimum absolute atomic E-state index is 0. The minimum Gasteiger partial charge on any atom is -1.00 e. The van der Waals surface area contributed by atoms with Gasteiger partial charge in [-0.1, -0.05) is 76.3 Å². The van der Waals surface area contributed by atoms with Crippen LogP contribution in [0.25, 0.3) is 11.1 Å². The first kappa shape index (κ1) is 33.5. The van der Waals surface area contributed by atoms with Crippen molar-refractivity contribution in [3.05, 3.63) is 89.0 Å². The molecule has 3 aromatic rings. The Hall–Kier alpha value is -0.530. The van der Waals surface area contributed by atoms with Crippen LogP contribution in [0.15, 0.2) is 60.7 Å². The number of hydrogen-bond acceptors (Lipinski definition) is 0. The summed E-state index contributed by atoms with van der Waals surface area (Å²) in [5.74, 6) is 0. The zero-order valence-electron chi connectivity index (χ0n) is 22.2. The van der Waals surface area contributed by atoms with Crippen molar-refractivity contribution in [3.63, 3.8) is 0 Å². The standard InChI is InChI=1S/C21H25.C5H5.C4H10Si.2ClH.Zr/c1-20(2,3)16-9-7-14-11-15-8-10-17(21(4,5)6)13-19(15)18(14)12-16;1-2-4-5-3-1;1-3-5-4-2;;;/h7,9-10,12-13H,11H2,1-6H3;1-5H;3-4H2,1-2H3;2*1H;/q2*-1;;;;+2/p-2. The summed E-state index contributed by atoms with van der Waals surface area (Å²) < 4.78 is 0. The van der Waals surface area contributed by atoms with Crippen molar-refractivity contribution in [3.8, 4) is 11.1 Å². The summed E-state index contributed by atoms with van der Waals surface area (Å²) in [7, 11) is 0. The molecule has 0 nitrogen and oxygen atoms in total. The fourth-order valence-electron chi connectivity index (χ4n) is 3.56. The van der Waals surface area contributed by atoms with E-state index in [1.165, 1.54) is 45.5 Å². The Bertz CT molecular complexity index is 925. The van der Waals surface area contributed by atoms with Crippen molar-refractivity contribution >= 4 is 5.43 Å². The van der Waals surface area contributed by atoms with Gasteiger partial charge in [-0.15, -0.1) is 5.56 Å². The zero-order chi connectivity index (χ0) is 23.9. The van der Waals surface area contributed by atoms with Gasteiger partial charge in [-0.2, -0.15) is 47.5 Å². The molecule has 0 N–H and O–H groups in total. The Labute approximate surface area is 236 Å². The third-order valence-electron chi connectivity index (χ3n) is 5.94. The Morgan fingerprint density at radius 1 is 0.853 bits per heavy atom. The Kier molecular flexibility index (Phi) is 14.7. The fourth-order valence-corrected chi connectivity index (χ4v) is 4.06. The van der Waals surface area contributed by atoms with E-state index in [1.54, 1.807) is 23.3 Å². The van der Waals surface area contributed by atoms with E-state index in [0.29, 0.717) is 0 Å². The van der Waals surface area contributed by atoms with Crippen molar-refractivity contribution in [2.45, 2.75) is 84.7 Å². The molecule has 0 heterocycles. The van der Waals surface area contributed by atoms with E-state index in [2.05, 4.69) is 91.8 Å². The molecule has 0 amide bonds. The van der Waals surface area contributed by atoms with E-state index in [1.807, 2.05) is 30.3 Å². The Balaban J connectivity index is 0.000000700. The smallest absolute Gasteiger partial charge is 0.172 e. The van der Waals surface area contributed by atoms with Crippen LogP contribution in [0.4, 0.5) is 0 Å². The van der Waals surface area contributed by atoms with Crippen LogP contribution >= 0.6 is 0 Å². The molecule has 0 spiro atoms. The third kappa shape index (κ3) is 9.85. The number of benzene rings is 2. The van der Waals surface area contributed by atoms with Gasteiger partial charge in [-0.25, -0.2) is 12.1 Å². The minimum atomic E-state index is 0. The van der Waals surface area contributed by atoms with E-state index >= 15 is 0 Å². The van der Waals surface area contributed by atoms with Gasteiger partial charge >= 0.3 is 54.7 Å². The topological polar surface area (TPSA) is 0 Å². The van der Waals surface area contributed by atoms with Gasteiger partial charge < -0.3 is 24.8 Å². The van der Waals surface area contributed by atoms with Gasteiger partial charge in [0.1, 0.15) is 0 Å². The summed E-state index contributed by atoms with van der Waals surface area (Å²) in [5.41, 5.74) is 8.98. The summed E-state index contributed by atoms with van der Waals surface area (Å²) >= 11 is 1.80. The van der Waals surface area contributed by atoms with Gasteiger partial charge in [0.2, 0.25) is 0 Å². The molecule has 34 heavy (non-hydrogen) atoms. The first-order chi connectivity index (χ1) is 15.0. The second kappa shape index (κ2) is 14.9.